The zero-order valence-corrected chi connectivity index (χ0v) is 25.9. The molecule has 2 heteroatoms. The van der Waals surface area contributed by atoms with Gasteiger partial charge in [0.2, 0.25) is 0 Å². The largest absolute Gasteiger partial charge is 0.289 e. The molecule has 2 nitrogen and oxygen atoms in total. The Labute approximate surface area is 254 Å². The van der Waals surface area contributed by atoms with Gasteiger partial charge in [-0.2, -0.15) is 0 Å². The van der Waals surface area contributed by atoms with Crippen LogP contribution in [0.5, 0.6) is 0 Å². The van der Waals surface area contributed by atoms with Crippen molar-refractivity contribution in [2.75, 3.05) is 0 Å². The van der Waals surface area contributed by atoms with E-state index in [9.17, 15) is 9.59 Å². The number of carbonyl (C=O) groups is 2. The van der Waals surface area contributed by atoms with Crippen LogP contribution in [0.2, 0.25) is 0 Å². The molecule has 0 heterocycles. The van der Waals surface area contributed by atoms with Gasteiger partial charge < -0.3 is 0 Å². The summed E-state index contributed by atoms with van der Waals surface area (Å²) >= 11 is 0. The molecule has 4 aromatic carbocycles. The van der Waals surface area contributed by atoms with Crippen LogP contribution < -0.4 is 0 Å². The second kappa shape index (κ2) is 8.65. The minimum absolute atomic E-state index is 0.191. The molecular weight excluding hydrogens is 524 g/mol. The fourth-order valence-corrected chi connectivity index (χ4v) is 10.1. The first-order chi connectivity index (χ1) is 20.9. The molecule has 0 radical (unpaired) electrons. The van der Waals surface area contributed by atoms with E-state index in [1.807, 2.05) is 0 Å². The van der Waals surface area contributed by atoms with E-state index >= 15 is 0 Å². The summed E-state index contributed by atoms with van der Waals surface area (Å²) in [6.45, 7) is 11.3. The van der Waals surface area contributed by atoms with Crippen molar-refractivity contribution in [3.05, 3.63) is 137 Å². The Balaban J connectivity index is 1.46. The summed E-state index contributed by atoms with van der Waals surface area (Å²) in [5.74, 6) is 1.38. The van der Waals surface area contributed by atoms with Crippen LogP contribution in [0.3, 0.4) is 0 Å². The highest BCUT2D eigenvalue weighted by Crippen LogP contribution is 2.52. The van der Waals surface area contributed by atoms with Gasteiger partial charge in [0.1, 0.15) is 0 Å². The Morgan fingerprint density at radius 2 is 0.884 bits per heavy atom. The maximum absolute atomic E-state index is 14.5. The van der Waals surface area contributed by atoms with E-state index in [0.717, 1.165) is 66.3 Å². The number of carbonyl (C=O) groups excluding carboxylic acids is 2. The van der Waals surface area contributed by atoms with Gasteiger partial charge in [-0.1, -0.05) is 52.0 Å². The molecule has 0 bridgehead atoms. The van der Waals surface area contributed by atoms with Crippen molar-refractivity contribution >= 4 is 11.6 Å². The topological polar surface area (TPSA) is 34.1 Å². The Morgan fingerprint density at radius 3 is 1.40 bits per heavy atom. The van der Waals surface area contributed by atoms with Crippen LogP contribution in [0.4, 0.5) is 0 Å². The average Bonchev–Trinajstić information content (AvgIpc) is 3.01. The summed E-state index contributed by atoms with van der Waals surface area (Å²) in [7, 11) is 0. The molecule has 4 aliphatic carbocycles. The lowest BCUT2D eigenvalue weighted by atomic mass is 9.64. The van der Waals surface area contributed by atoms with Crippen molar-refractivity contribution in [1.29, 1.82) is 0 Å². The van der Waals surface area contributed by atoms with Crippen LogP contribution in [-0.4, -0.2) is 11.6 Å². The summed E-state index contributed by atoms with van der Waals surface area (Å²) in [6.07, 6.45) is 5.52. The van der Waals surface area contributed by atoms with Crippen molar-refractivity contribution in [3.63, 3.8) is 0 Å². The van der Waals surface area contributed by atoms with Crippen molar-refractivity contribution in [1.82, 2.24) is 0 Å². The normalized spacial score (nSPS) is 22.8. The highest BCUT2D eigenvalue weighted by molar-refractivity contribution is 6.15. The standard InChI is InChI=1S/C41H38O2/c1-6-23-28-15-32-25(8-3)33-17-30-22-11-27-19(5)39-35(18-31(27)24(30)7-2)26(9-4)34-16-29(23)21(13-38(34)41(39)43)10-20(28)12-36(32)40(42)37(33)14-22/h12-18,23-26H,6-11H2,1-5H3. The van der Waals surface area contributed by atoms with E-state index in [-0.39, 0.29) is 35.2 Å². The maximum atomic E-state index is 14.5. The zero-order valence-electron chi connectivity index (χ0n) is 25.9. The highest BCUT2D eigenvalue weighted by Gasteiger charge is 2.41. The third kappa shape index (κ3) is 3.05. The Bertz CT molecular complexity index is 1990. The van der Waals surface area contributed by atoms with Gasteiger partial charge in [-0.05, 0) is 136 Å². The number of rotatable bonds is 4. The highest BCUT2D eigenvalue weighted by atomic mass is 16.1. The molecular formula is C41H38O2. The lowest BCUT2D eigenvalue weighted by molar-refractivity contribution is 0.102. The lowest BCUT2D eigenvalue weighted by Crippen LogP contribution is -2.28. The van der Waals surface area contributed by atoms with E-state index in [1.165, 1.54) is 66.8 Å². The molecule has 0 spiro atoms. The van der Waals surface area contributed by atoms with Gasteiger partial charge in [0.25, 0.3) is 0 Å². The van der Waals surface area contributed by atoms with Gasteiger partial charge in [0.05, 0.1) is 0 Å². The third-order valence-electron chi connectivity index (χ3n) is 12.1. The van der Waals surface area contributed by atoms with Gasteiger partial charge in [-0.3, -0.25) is 9.59 Å². The predicted octanol–water partition coefficient (Wildman–Crippen LogP) is 9.37. The van der Waals surface area contributed by atoms with Crippen LogP contribution in [-0.2, 0) is 12.8 Å². The predicted molar refractivity (Wildman–Crippen MR) is 172 cm³/mol. The Hall–Kier alpha value is -3.78. The minimum atomic E-state index is 0.191. The Morgan fingerprint density at radius 1 is 0.488 bits per heavy atom. The number of benzene rings is 4. The number of hydrogen-bond acceptors (Lipinski definition) is 2. The molecule has 0 aromatic heterocycles. The quantitative estimate of drug-likeness (QED) is 0.219. The van der Waals surface area contributed by atoms with Crippen LogP contribution in [0.1, 0.15) is 181 Å². The molecule has 0 amide bonds. The minimum Gasteiger partial charge on any atom is -0.289 e. The van der Waals surface area contributed by atoms with Gasteiger partial charge in [-0.25, -0.2) is 0 Å². The van der Waals surface area contributed by atoms with Gasteiger partial charge >= 0.3 is 0 Å². The molecule has 0 fully saturated rings. The van der Waals surface area contributed by atoms with Gasteiger partial charge in [0, 0.05) is 45.9 Å². The Kier molecular flexibility index (Phi) is 5.17. The fraction of sp³-hybridized carbons (Fsp3) is 0.366. The number of ketones is 2. The summed E-state index contributed by atoms with van der Waals surface area (Å²) in [5, 5.41) is 0. The zero-order chi connectivity index (χ0) is 29.5. The van der Waals surface area contributed by atoms with Gasteiger partial charge in [-0.15, -0.1) is 0 Å². The smallest absolute Gasteiger partial charge is 0.193 e. The van der Waals surface area contributed by atoms with Crippen LogP contribution in [0.25, 0.3) is 0 Å². The van der Waals surface area contributed by atoms with E-state index in [4.69, 9.17) is 0 Å². The molecule has 0 saturated carbocycles. The molecule has 214 valence electrons. The number of hydrogen-bond donors (Lipinski definition) is 0. The maximum Gasteiger partial charge on any atom is 0.193 e. The van der Waals surface area contributed by atoms with Crippen molar-refractivity contribution in [3.8, 4) is 0 Å². The monoisotopic (exact) mass is 562 g/mol. The summed E-state index contributed by atoms with van der Waals surface area (Å²) in [6, 6.07) is 16.4. The molecule has 4 atom stereocenters. The van der Waals surface area contributed by atoms with Crippen LogP contribution in [0.15, 0.2) is 42.5 Å². The van der Waals surface area contributed by atoms with Gasteiger partial charge in [0.15, 0.2) is 11.6 Å². The third-order valence-corrected chi connectivity index (χ3v) is 12.1. The molecule has 4 aromatic rings. The second-order valence-corrected chi connectivity index (χ2v) is 13.8. The van der Waals surface area contributed by atoms with Crippen molar-refractivity contribution < 1.29 is 9.59 Å². The van der Waals surface area contributed by atoms with E-state index in [0.29, 0.717) is 0 Å². The molecule has 0 saturated heterocycles. The van der Waals surface area contributed by atoms with E-state index in [2.05, 4.69) is 77.1 Å². The summed E-state index contributed by atoms with van der Waals surface area (Å²) < 4.78 is 0. The molecule has 4 aliphatic rings. The first kappa shape index (κ1) is 25.7. The molecule has 0 aliphatic heterocycles. The fourth-order valence-electron chi connectivity index (χ4n) is 10.1. The summed E-state index contributed by atoms with van der Waals surface area (Å²) in [4.78, 5) is 28.9. The molecule has 8 rings (SSSR count). The first-order valence-electron chi connectivity index (χ1n) is 16.6. The molecule has 0 N–H and O–H groups in total. The SMILES string of the molecule is CCC1c2cc3c4cc2Cc2cc5c(cc21)C(CC)c1cc2c(c(C)c1C5=O)Cc1cc(c(cc1C2CC)C3CC)C4=O. The molecule has 43 heavy (non-hydrogen) atoms. The van der Waals surface area contributed by atoms with Crippen LogP contribution in [0, 0.1) is 6.92 Å². The lowest BCUT2D eigenvalue weighted by Gasteiger charge is -2.39. The first-order valence-corrected chi connectivity index (χ1v) is 16.6. The second-order valence-electron chi connectivity index (χ2n) is 13.8. The molecule has 4 unspecified atom stereocenters. The van der Waals surface area contributed by atoms with E-state index in [1.54, 1.807) is 0 Å². The average molecular weight is 563 g/mol. The summed E-state index contributed by atoms with van der Waals surface area (Å²) in [5.41, 5.74) is 20.4. The van der Waals surface area contributed by atoms with Crippen molar-refractivity contribution in [2.45, 2.75) is 96.8 Å². The van der Waals surface area contributed by atoms with Crippen LogP contribution >= 0.6 is 0 Å². The van der Waals surface area contributed by atoms with Crippen molar-refractivity contribution in [2.24, 2.45) is 0 Å². The number of fused-ring (bicyclic) bond motifs is 8. The van der Waals surface area contributed by atoms with E-state index < -0.39 is 0 Å².